The quantitative estimate of drug-likeness (QED) is 0.144. The number of carboxylic acid groups (broad SMARTS) is 1. The van der Waals surface area contributed by atoms with E-state index in [1.54, 1.807) is 6.92 Å². The number of nitrogens with zero attached hydrogens (tertiary/aromatic N) is 7. The molecular weight excluding hydrogens is 485 g/mol. The van der Waals surface area contributed by atoms with E-state index in [0.717, 1.165) is 16.2 Å². The Balaban J connectivity index is 0.00000204. The summed E-state index contributed by atoms with van der Waals surface area (Å²) in [4.78, 5) is 48.7. The Labute approximate surface area is 218 Å². The number of rotatable bonds is 7. The summed E-state index contributed by atoms with van der Waals surface area (Å²) in [6.45, 7) is 1.74. The number of thioether (sulfide) groups is 1. The molecule has 14 nitrogen and oxygen atoms in total. The number of fused-ring (bicyclic) bond motifs is 1. The summed E-state index contributed by atoms with van der Waals surface area (Å²) in [5.41, 5.74) is 6.00. The molecule has 0 saturated carbocycles. The van der Waals surface area contributed by atoms with Gasteiger partial charge < -0.3 is 22.4 Å². The molecule has 0 bridgehead atoms. The van der Waals surface area contributed by atoms with Crippen molar-refractivity contribution in [3.8, 4) is 0 Å². The van der Waals surface area contributed by atoms with Crippen molar-refractivity contribution in [3.63, 3.8) is 0 Å². The third-order valence-electron chi connectivity index (χ3n) is 4.58. The normalized spacial score (nSPS) is 20.0. The molecule has 2 amide bonds. The number of anilines is 1. The first-order valence-electron chi connectivity index (χ1n) is 9.08. The fourth-order valence-corrected chi connectivity index (χ4v) is 5.15. The first kappa shape index (κ1) is 25.1. The van der Waals surface area contributed by atoms with Crippen LogP contribution in [-0.2, 0) is 25.8 Å². The summed E-state index contributed by atoms with van der Waals surface area (Å²) in [5.74, 6) is -1.74. The van der Waals surface area contributed by atoms with E-state index in [4.69, 9.17) is 10.6 Å². The molecule has 170 valence electrons. The van der Waals surface area contributed by atoms with Gasteiger partial charge in [-0.1, -0.05) is 5.16 Å². The molecule has 1 fully saturated rings. The third-order valence-corrected chi connectivity index (χ3v) is 6.60. The average molecular weight is 504 g/mol. The van der Waals surface area contributed by atoms with E-state index in [-0.39, 0.29) is 59.8 Å². The van der Waals surface area contributed by atoms with Gasteiger partial charge in [0, 0.05) is 11.1 Å². The fraction of sp³-hybridized carbons (Fsp3) is 0.375. The largest absolute Gasteiger partial charge is 1.00 e. The van der Waals surface area contributed by atoms with Crippen molar-refractivity contribution in [1.29, 1.82) is 0 Å². The molecule has 4 rings (SSSR count). The zero-order valence-corrected chi connectivity index (χ0v) is 21.4. The minimum atomic E-state index is -1.25. The smallest absolute Gasteiger partial charge is 1.00 e. The van der Waals surface area contributed by atoms with Gasteiger partial charge in [0.1, 0.15) is 29.9 Å². The van der Waals surface area contributed by atoms with Crippen LogP contribution in [0.25, 0.3) is 0 Å². The first-order valence-corrected chi connectivity index (χ1v) is 11.0. The van der Waals surface area contributed by atoms with Gasteiger partial charge in [-0.05, 0) is 17.7 Å². The standard InChI is InChI=1S/C16H17N9O5S2.Na.H/c1-6-20-23-24(21-6)3-7-4-31-14-10(13(27)25(14)11(7)15(28)29)19-12(26)9(22-30-2)8-5-32-16(17)18-8;;/h5,10,14H,3-4H2,1-2H3,(H2,17,18)(H,19,26)(H,28,29);;/q;+1;-1/b22-9+;;/t10-,14-;;/m1../s1. The van der Waals surface area contributed by atoms with Crippen LogP contribution < -0.4 is 40.6 Å². The maximum absolute atomic E-state index is 12.8. The number of hydrogen-bond acceptors (Lipinski definition) is 12. The average Bonchev–Trinajstić information content (AvgIpc) is 3.37. The number of hydrogen-bond donors (Lipinski definition) is 3. The van der Waals surface area contributed by atoms with Gasteiger partial charge in [-0.3, -0.25) is 14.5 Å². The number of nitrogens with one attached hydrogen (secondary N) is 1. The van der Waals surface area contributed by atoms with Crippen LogP contribution >= 0.6 is 23.1 Å². The van der Waals surface area contributed by atoms with Gasteiger partial charge in [-0.2, -0.15) is 4.80 Å². The monoisotopic (exact) mass is 503 g/mol. The number of tetrazole rings is 1. The Morgan fingerprint density at radius 3 is 2.82 bits per heavy atom. The van der Waals surface area contributed by atoms with Crippen molar-refractivity contribution in [2.24, 2.45) is 5.16 Å². The molecule has 17 heteroatoms. The van der Waals surface area contributed by atoms with Gasteiger partial charge in [-0.25, -0.2) is 9.78 Å². The molecular formula is C16H18N9NaO5S2. The van der Waals surface area contributed by atoms with Crippen LogP contribution in [0.2, 0.25) is 0 Å². The third kappa shape index (κ3) is 4.89. The number of oxime groups is 1. The van der Waals surface area contributed by atoms with Gasteiger partial charge in [0.25, 0.3) is 11.8 Å². The van der Waals surface area contributed by atoms with Crippen LogP contribution in [0.1, 0.15) is 12.9 Å². The Bertz CT molecular complexity index is 1170. The second-order valence-corrected chi connectivity index (χ2v) is 8.67. The van der Waals surface area contributed by atoms with Crippen LogP contribution in [-0.4, -0.2) is 83.0 Å². The fourth-order valence-electron chi connectivity index (χ4n) is 3.27. The van der Waals surface area contributed by atoms with E-state index >= 15 is 0 Å². The van der Waals surface area contributed by atoms with Crippen LogP contribution in [0, 0.1) is 6.92 Å². The molecule has 2 aromatic heterocycles. The predicted octanol–water partition coefficient (Wildman–Crippen LogP) is -4.07. The molecule has 0 aromatic carbocycles. The zero-order valence-electron chi connectivity index (χ0n) is 18.8. The van der Waals surface area contributed by atoms with E-state index in [1.165, 1.54) is 29.0 Å². The molecule has 1 saturated heterocycles. The van der Waals surface area contributed by atoms with Crippen molar-refractivity contribution < 1.29 is 55.3 Å². The van der Waals surface area contributed by atoms with Crippen molar-refractivity contribution in [1.82, 2.24) is 35.4 Å². The van der Waals surface area contributed by atoms with Crippen molar-refractivity contribution in [2.45, 2.75) is 24.9 Å². The van der Waals surface area contributed by atoms with Gasteiger partial charge in [0.05, 0.1) is 6.54 Å². The Hall–Kier alpha value is -2.53. The molecule has 0 spiro atoms. The van der Waals surface area contributed by atoms with E-state index < -0.39 is 29.2 Å². The number of nitrogens with two attached hydrogens (primary N) is 1. The first-order chi connectivity index (χ1) is 15.3. The minimum Gasteiger partial charge on any atom is -1.00 e. The number of aryl methyl sites for hydroxylation is 1. The number of carbonyl (C=O) groups excluding carboxylic acids is 2. The van der Waals surface area contributed by atoms with Gasteiger partial charge in [0.2, 0.25) is 0 Å². The summed E-state index contributed by atoms with van der Waals surface area (Å²) >= 11 is 2.44. The van der Waals surface area contributed by atoms with E-state index in [1.807, 2.05) is 0 Å². The van der Waals surface area contributed by atoms with Crippen LogP contribution in [0.15, 0.2) is 21.8 Å². The summed E-state index contributed by atoms with van der Waals surface area (Å²) in [7, 11) is 1.27. The van der Waals surface area contributed by atoms with Crippen molar-refractivity contribution in [2.75, 3.05) is 18.6 Å². The zero-order chi connectivity index (χ0) is 23.0. The summed E-state index contributed by atoms with van der Waals surface area (Å²) in [6.07, 6.45) is 0. The molecule has 0 radical (unpaired) electrons. The Morgan fingerprint density at radius 1 is 1.48 bits per heavy atom. The topological polar surface area (TPSA) is 191 Å². The number of aliphatic carboxylic acids is 1. The summed E-state index contributed by atoms with van der Waals surface area (Å²) in [6, 6.07) is -0.937. The van der Waals surface area contributed by atoms with Crippen LogP contribution in [0.5, 0.6) is 0 Å². The number of nitrogen functional groups attached to an aromatic ring is 1. The molecule has 0 aliphatic carbocycles. The number of amides is 2. The maximum atomic E-state index is 12.8. The van der Waals surface area contributed by atoms with Crippen LogP contribution in [0.4, 0.5) is 5.13 Å². The van der Waals surface area contributed by atoms with E-state index in [9.17, 15) is 19.5 Å². The second kappa shape index (κ2) is 10.2. The summed E-state index contributed by atoms with van der Waals surface area (Å²) < 4.78 is 0. The predicted molar refractivity (Wildman–Crippen MR) is 113 cm³/mol. The minimum absolute atomic E-state index is 0. The van der Waals surface area contributed by atoms with Gasteiger partial charge in [0.15, 0.2) is 16.7 Å². The molecule has 4 N–H and O–H groups in total. The molecule has 4 heterocycles. The van der Waals surface area contributed by atoms with Crippen molar-refractivity contribution >= 4 is 51.7 Å². The number of carbonyl (C=O) groups is 3. The van der Waals surface area contributed by atoms with Gasteiger partial charge in [-0.15, -0.1) is 33.3 Å². The number of aromatic nitrogens is 5. The molecule has 2 atom stereocenters. The molecule has 0 unspecified atom stereocenters. The molecule has 2 aromatic rings. The summed E-state index contributed by atoms with van der Waals surface area (Å²) in [5, 5.41) is 28.9. The van der Waals surface area contributed by atoms with E-state index in [2.05, 4.69) is 30.9 Å². The number of thiazole rings is 1. The van der Waals surface area contributed by atoms with E-state index in [0.29, 0.717) is 17.2 Å². The number of carboxylic acids is 1. The molecule has 2 aliphatic rings. The Kier molecular flexibility index (Phi) is 7.73. The SMILES string of the molecule is CO/N=C(/C(=O)N[C@@H]1C(=O)N2C(C(=O)O)=C(Cn3nnc(C)n3)CS[C@H]12)c1csc(N)n1.[H-].[Na+]. The molecule has 2 aliphatic heterocycles. The maximum Gasteiger partial charge on any atom is 1.00 e. The van der Waals surface area contributed by atoms with Crippen molar-refractivity contribution in [3.05, 3.63) is 28.2 Å². The van der Waals surface area contributed by atoms with Crippen LogP contribution in [0.3, 0.4) is 0 Å². The Morgan fingerprint density at radius 2 is 2.24 bits per heavy atom. The van der Waals surface area contributed by atoms with Gasteiger partial charge >= 0.3 is 35.5 Å². The second-order valence-electron chi connectivity index (χ2n) is 6.68. The molecule has 33 heavy (non-hydrogen) atoms. The number of β-lactam (4-membered cyclic amide) rings is 1.